The second-order valence-electron chi connectivity index (χ2n) is 5.73. The van der Waals surface area contributed by atoms with Crippen molar-refractivity contribution < 1.29 is 0 Å². The summed E-state index contributed by atoms with van der Waals surface area (Å²) in [7, 11) is 0. The molecule has 18 heavy (non-hydrogen) atoms. The molecule has 0 unspecified atom stereocenters. The van der Waals surface area contributed by atoms with Crippen molar-refractivity contribution in [2.24, 2.45) is 4.99 Å². The minimum Gasteiger partial charge on any atom is -0.358 e. The molecule has 0 saturated heterocycles. The zero-order valence-corrected chi connectivity index (χ0v) is 12.7. The minimum absolute atomic E-state index is 0.685. The molecular formula is C16H32N2. The Morgan fingerprint density at radius 3 is 2.44 bits per heavy atom. The second-order valence-corrected chi connectivity index (χ2v) is 5.73. The van der Waals surface area contributed by atoms with E-state index < -0.39 is 0 Å². The van der Waals surface area contributed by atoms with Gasteiger partial charge in [-0.25, -0.2) is 0 Å². The molecular weight excluding hydrogens is 220 g/mol. The van der Waals surface area contributed by atoms with Crippen molar-refractivity contribution in [1.82, 2.24) is 4.90 Å². The van der Waals surface area contributed by atoms with Gasteiger partial charge in [-0.2, -0.15) is 0 Å². The van der Waals surface area contributed by atoms with Crippen molar-refractivity contribution in [2.45, 2.75) is 84.6 Å². The van der Waals surface area contributed by atoms with Crippen molar-refractivity contribution in [3.63, 3.8) is 0 Å². The molecule has 0 aliphatic carbocycles. The number of nitrogens with zero attached hydrogens (tertiary/aromatic N) is 2. The number of hydrogen-bond acceptors (Lipinski definition) is 2. The first-order chi connectivity index (χ1) is 8.75. The molecule has 1 heterocycles. The van der Waals surface area contributed by atoms with Gasteiger partial charge in [0.1, 0.15) is 0 Å². The highest BCUT2D eigenvalue weighted by Gasteiger charge is 2.16. The molecule has 1 aliphatic heterocycles. The Kier molecular flexibility index (Phi) is 8.11. The topological polar surface area (TPSA) is 15.6 Å². The number of amidine groups is 1. The highest BCUT2D eigenvalue weighted by molar-refractivity contribution is 5.80. The Bertz CT molecular complexity index is 235. The fourth-order valence-electron chi connectivity index (χ4n) is 2.83. The zero-order valence-electron chi connectivity index (χ0n) is 12.7. The Labute approximate surface area is 114 Å². The predicted octanol–water partition coefficient (Wildman–Crippen LogP) is 4.64. The maximum atomic E-state index is 4.55. The Morgan fingerprint density at radius 2 is 1.78 bits per heavy atom. The van der Waals surface area contributed by atoms with Crippen molar-refractivity contribution >= 4 is 5.84 Å². The molecule has 1 aliphatic rings. The molecule has 0 aromatic rings. The Balaban J connectivity index is 2.04. The molecule has 1 rings (SSSR count). The van der Waals surface area contributed by atoms with Crippen molar-refractivity contribution in [1.29, 1.82) is 0 Å². The molecule has 0 aromatic carbocycles. The molecule has 106 valence electrons. The van der Waals surface area contributed by atoms with Crippen molar-refractivity contribution in [3.8, 4) is 0 Å². The first-order valence-corrected chi connectivity index (χ1v) is 8.03. The normalized spacial score (nSPS) is 17.7. The highest BCUT2D eigenvalue weighted by atomic mass is 15.2. The lowest BCUT2D eigenvalue weighted by Crippen LogP contribution is -2.40. The third-order valence-corrected chi connectivity index (χ3v) is 4.07. The standard InChI is InChI=1S/C16H32N2/c1-4-5-6-7-8-9-10-12-15(2)18-14-11-13-17-16(18)3/h15H,4-14H2,1-3H3/t15-/m1/s1. The molecule has 1 atom stereocenters. The van der Waals surface area contributed by atoms with Crippen LogP contribution in [0.3, 0.4) is 0 Å². The van der Waals surface area contributed by atoms with Crippen LogP contribution in [0.2, 0.25) is 0 Å². The quantitative estimate of drug-likeness (QED) is 0.546. The molecule has 0 saturated carbocycles. The minimum atomic E-state index is 0.685. The van der Waals surface area contributed by atoms with E-state index in [-0.39, 0.29) is 0 Å². The fourth-order valence-corrected chi connectivity index (χ4v) is 2.83. The molecule has 0 bridgehead atoms. The largest absolute Gasteiger partial charge is 0.358 e. The van der Waals surface area contributed by atoms with Crippen molar-refractivity contribution in [2.75, 3.05) is 13.1 Å². The van der Waals surface area contributed by atoms with Crippen LogP contribution in [0.25, 0.3) is 0 Å². The summed E-state index contributed by atoms with van der Waals surface area (Å²) < 4.78 is 0. The molecule has 2 heteroatoms. The molecule has 0 spiro atoms. The molecule has 2 nitrogen and oxygen atoms in total. The van der Waals surface area contributed by atoms with Crippen LogP contribution in [0.4, 0.5) is 0 Å². The van der Waals surface area contributed by atoms with Gasteiger partial charge < -0.3 is 4.90 Å². The van der Waals surface area contributed by atoms with Crippen LogP contribution in [-0.2, 0) is 0 Å². The maximum Gasteiger partial charge on any atom is 0.0959 e. The van der Waals surface area contributed by atoms with E-state index in [0.29, 0.717) is 6.04 Å². The summed E-state index contributed by atoms with van der Waals surface area (Å²) in [5, 5.41) is 0. The van der Waals surface area contributed by atoms with Gasteiger partial charge in [0, 0.05) is 19.1 Å². The van der Waals surface area contributed by atoms with Crippen LogP contribution in [0.5, 0.6) is 0 Å². The van der Waals surface area contributed by atoms with E-state index in [4.69, 9.17) is 0 Å². The van der Waals surface area contributed by atoms with Gasteiger partial charge in [0.2, 0.25) is 0 Å². The van der Waals surface area contributed by atoms with Crippen LogP contribution in [0.1, 0.15) is 78.6 Å². The van der Waals surface area contributed by atoms with Crippen LogP contribution in [0, 0.1) is 0 Å². The van der Waals surface area contributed by atoms with E-state index in [1.54, 1.807) is 0 Å². The summed E-state index contributed by atoms with van der Waals surface area (Å²) in [5.41, 5.74) is 0. The van der Waals surface area contributed by atoms with E-state index in [2.05, 4.69) is 30.7 Å². The second kappa shape index (κ2) is 9.41. The molecule has 0 fully saturated rings. The van der Waals surface area contributed by atoms with Gasteiger partial charge in [-0.1, -0.05) is 51.9 Å². The van der Waals surface area contributed by atoms with Crippen LogP contribution in [0.15, 0.2) is 4.99 Å². The maximum absolute atomic E-state index is 4.55. The van der Waals surface area contributed by atoms with Gasteiger partial charge in [-0.05, 0) is 26.7 Å². The van der Waals surface area contributed by atoms with Crippen LogP contribution in [-0.4, -0.2) is 29.9 Å². The fraction of sp³-hybridized carbons (Fsp3) is 0.938. The average molecular weight is 252 g/mol. The number of unbranched alkanes of at least 4 members (excludes halogenated alkanes) is 6. The van der Waals surface area contributed by atoms with Gasteiger partial charge in [-0.15, -0.1) is 0 Å². The number of aliphatic imine (C=N–C) groups is 1. The van der Waals surface area contributed by atoms with E-state index in [1.165, 1.54) is 70.2 Å². The van der Waals surface area contributed by atoms with Crippen molar-refractivity contribution in [3.05, 3.63) is 0 Å². The molecule has 0 N–H and O–H groups in total. The third-order valence-electron chi connectivity index (χ3n) is 4.07. The van der Waals surface area contributed by atoms with Crippen LogP contribution < -0.4 is 0 Å². The first-order valence-electron chi connectivity index (χ1n) is 8.03. The monoisotopic (exact) mass is 252 g/mol. The van der Waals surface area contributed by atoms with Gasteiger partial charge in [0.25, 0.3) is 0 Å². The van der Waals surface area contributed by atoms with Gasteiger partial charge in [0.05, 0.1) is 5.84 Å². The van der Waals surface area contributed by atoms with Gasteiger partial charge in [0.15, 0.2) is 0 Å². The third kappa shape index (κ3) is 5.88. The molecule has 0 amide bonds. The van der Waals surface area contributed by atoms with E-state index in [0.717, 1.165) is 6.54 Å². The van der Waals surface area contributed by atoms with E-state index in [9.17, 15) is 0 Å². The van der Waals surface area contributed by atoms with E-state index >= 15 is 0 Å². The van der Waals surface area contributed by atoms with Crippen LogP contribution >= 0.6 is 0 Å². The summed E-state index contributed by atoms with van der Waals surface area (Å²) in [6, 6.07) is 0.685. The predicted molar refractivity (Wildman–Crippen MR) is 81.4 cm³/mol. The summed E-state index contributed by atoms with van der Waals surface area (Å²) in [6.45, 7) is 9.06. The summed E-state index contributed by atoms with van der Waals surface area (Å²) in [5.74, 6) is 1.26. The molecule has 0 aromatic heterocycles. The first kappa shape index (κ1) is 15.5. The average Bonchev–Trinajstić information content (AvgIpc) is 2.38. The number of hydrogen-bond donors (Lipinski definition) is 0. The smallest absolute Gasteiger partial charge is 0.0959 e. The Morgan fingerprint density at radius 1 is 1.11 bits per heavy atom. The lowest BCUT2D eigenvalue weighted by atomic mass is 10.0. The highest BCUT2D eigenvalue weighted by Crippen LogP contribution is 2.15. The van der Waals surface area contributed by atoms with Gasteiger partial charge in [-0.3, -0.25) is 4.99 Å². The lowest BCUT2D eigenvalue weighted by molar-refractivity contribution is 0.291. The summed E-state index contributed by atoms with van der Waals surface area (Å²) in [6.07, 6.45) is 12.4. The summed E-state index contributed by atoms with van der Waals surface area (Å²) >= 11 is 0. The molecule has 0 radical (unpaired) electrons. The SMILES string of the molecule is CCCCCCCCC[C@@H](C)N1CCCN=C1C. The zero-order chi connectivity index (χ0) is 13.2. The van der Waals surface area contributed by atoms with E-state index in [1.807, 2.05) is 0 Å². The number of rotatable bonds is 9. The van der Waals surface area contributed by atoms with Gasteiger partial charge >= 0.3 is 0 Å². The lowest BCUT2D eigenvalue weighted by Gasteiger charge is -2.33. The summed E-state index contributed by atoms with van der Waals surface area (Å²) in [4.78, 5) is 7.05. The Hall–Kier alpha value is -0.530.